The molecule has 0 saturated carbocycles. The zero-order chi connectivity index (χ0) is 13.4. The number of rotatable bonds is 1. The number of hydrogen-bond acceptors (Lipinski definition) is 4. The minimum absolute atomic E-state index is 0.156. The molecule has 5 heteroatoms. The highest BCUT2D eigenvalue weighted by Gasteiger charge is 2.06. The Bertz CT molecular complexity index is 849. The van der Waals surface area contributed by atoms with Crippen molar-refractivity contribution < 1.29 is 4.74 Å². The maximum absolute atomic E-state index is 12.5. The molecule has 0 radical (unpaired) electrons. The second-order valence-corrected chi connectivity index (χ2v) is 4.50. The van der Waals surface area contributed by atoms with Crippen LogP contribution in [-0.2, 0) is 0 Å². The Hall–Kier alpha value is -2.20. The molecule has 3 rings (SSSR count). The number of ether oxygens (including phenoxy) is 1. The van der Waals surface area contributed by atoms with Gasteiger partial charge in [0.2, 0.25) is 0 Å². The van der Waals surface area contributed by atoms with Crippen LogP contribution in [0.4, 0.5) is 0 Å². The van der Waals surface area contributed by atoms with Crippen LogP contribution in [0.3, 0.4) is 0 Å². The summed E-state index contributed by atoms with van der Waals surface area (Å²) in [4.78, 5) is 20.8. The Morgan fingerprint density at radius 1 is 1.11 bits per heavy atom. The van der Waals surface area contributed by atoms with Crippen molar-refractivity contribution in [2.75, 3.05) is 7.11 Å². The standard InChI is InChI=1S/C14H9ClN2O2/c1-19-10-3-2-8-6-16-14-12(4-9(15)7-17-14)13(18)11(8)5-10/h2-7H,1H3. The molecule has 1 aromatic carbocycles. The van der Waals surface area contributed by atoms with Crippen LogP contribution in [0.15, 0.2) is 41.5 Å². The van der Waals surface area contributed by atoms with Crippen LogP contribution in [-0.4, -0.2) is 17.1 Å². The predicted octanol–water partition coefficient (Wildman–Crippen LogP) is 2.81. The summed E-state index contributed by atoms with van der Waals surface area (Å²) in [5, 5.41) is 2.08. The molecule has 0 saturated heterocycles. The highest BCUT2D eigenvalue weighted by Crippen LogP contribution is 2.19. The fourth-order valence-corrected chi connectivity index (χ4v) is 2.11. The first-order chi connectivity index (χ1) is 9.19. The van der Waals surface area contributed by atoms with Crippen molar-refractivity contribution in [3.8, 4) is 5.75 Å². The number of hydrogen-bond donors (Lipinski definition) is 0. The molecule has 0 unspecified atom stereocenters. The Morgan fingerprint density at radius 2 is 1.89 bits per heavy atom. The van der Waals surface area contributed by atoms with Gasteiger partial charge in [0, 0.05) is 23.2 Å². The van der Waals surface area contributed by atoms with Gasteiger partial charge in [0.05, 0.1) is 17.5 Å². The van der Waals surface area contributed by atoms with E-state index < -0.39 is 0 Å². The Balaban J connectivity index is 2.55. The number of halogens is 1. The van der Waals surface area contributed by atoms with E-state index >= 15 is 0 Å². The summed E-state index contributed by atoms with van der Waals surface area (Å²) in [6.45, 7) is 0. The topological polar surface area (TPSA) is 52.1 Å². The van der Waals surface area contributed by atoms with Gasteiger partial charge in [-0.15, -0.1) is 0 Å². The summed E-state index contributed by atoms with van der Waals surface area (Å²) in [6, 6.07) is 6.86. The van der Waals surface area contributed by atoms with Crippen LogP contribution in [0.1, 0.15) is 0 Å². The van der Waals surface area contributed by atoms with E-state index in [9.17, 15) is 4.79 Å². The number of benzene rings is 1. The number of methoxy groups -OCH3 is 1. The summed E-state index contributed by atoms with van der Waals surface area (Å²) >= 11 is 5.89. The van der Waals surface area contributed by atoms with E-state index in [-0.39, 0.29) is 5.43 Å². The van der Waals surface area contributed by atoms with Crippen LogP contribution >= 0.6 is 11.6 Å². The van der Waals surface area contributed by atoms with Crippen molar-refractivity contribution in [2.45, 2.75) is 0 Å². The zero-order valence-electron chi connectivity index (χ0n) is 10.1. The van der Waals surface area contributed by atoms with Gasteiger partial charge in [-0.05, 0) is 24.3 Å². The maximum Gasteiger partial charge on any atom is 0.197 e. The van der Waals surface area contributed by atoms with E-state index in [1.54, 1.807) is 37.6 Å². The van der Waals surface area contributed by atoms with Crippen LogP contribution in [0.25, 0.3) is 21.8 Å². The average molecular weight is 273 g/mol. The fraction of sp³-hybridized carbons (Fsp3) is 0.0714. The lowest BCUT2D eigenvalue weighted by atomic mass is 10.1. The van der Waals surface area contributed by atoms with Crippen LogP contribution in [0, 0.1) is 0 Å². The molecule has 19 heavy (non-hydrogen) atoms. The van der Waals surface area contributed by atoms with Gasteiger partial charge in [0.1, 0.15) is 5.75 Å². The van der Waals surface area contributed by atoms with E-state index in [0.717, 1.165) is 5.39 Å². The molecule has 0 N–H and O–H groups in total. The quantitative estimate of drug-likeness (QED) is 0.683. The van der Waals surface area contributed by atoms with E-state index in [1.165, 1.54) is 6.20 Å². The van der Waals surface area contributed by atoms with Crippen molar-refractivity contribution in [3.05, 3.63) is 51.9 Å². The van der Waals surface area contributed by atoms with Gasteiger partial charge in [-0.3, -0.25) is 4.79 Å². The molecule has 0 spiro atoms. The minimum Gasteiger partial charge on any atom is -0.497 e. The normalized spacial score (nSPS) is 10.8. The van der Waals surface area contributed by atoms with Crippen LogP contribution in [0.2, 0.25) is 5.02 Å². The molecule has 0 fully saturated rings. The van der Waals surface area contributed by atoms with Crippen molar-refractivity contribution >= 4 is 33.4 Å². The van der Waals surface area contributed by atoms with Gasteiger partial charge in [0.25, 0.3) is 0 Å². The summed E-state index contributed by atoms with van der Waals surface area (Å²) in [6.07, 6.45) is 3.10. The minimum atomic E-state index is -0.156. The third kappa shape index (κ3) is 2.00. The molecule has 0 aliphatic rings. The van der Waals surface area contributed by atoms with Gasteiger partial charge < -0.3 is 4.74 Å². The van der Waals surface area contributed by atoms with Crippen LogP contribution in [0.5, 0.6) is 5.75 Å². The molecule has 2 aromatic heterocycles. The summed E-state index contributed by atoms with van der Waals surface area (Å²) in [5.41, 5.74) is 0.223. The van der Waals surface area contributed by atoms with Crippen molar-refractivity contribution in [2.24, 2.45) is 0 Å². The van der Waals surface area contributed by atoms with E-state index in [4.69, 9.17) is 16.3 Å². The summed E-state index contributed by atoms with van der Waals surface area (Å²) in [7, 11) is 1.56. The number of pyridine rings is 1. The Morgan fingerprint density at radius 3 is 2.68 bits per heavy atom. The summed E-state index contributed by atoms with van der Waals surface area (Å²) in [5.74, 6) is 0.624. The molecule has 4 nitrogen and oxygen atoms in total. The average Bonchev–Trinajstić information content (AvgIpc) is 2.57. The summed E-state index contributed by atoms with van der Waals surface area (Å²) < 4.78 is 5.14. The molecular weight excluding hydrogens is 264 g/mol. The van der Waals surface area contributed by atoms with Crippen molar-refractivity contribution in [3.63, 3.8) is 0 Å². The largest absolute Gasteiger partial charge is 0.497 e. The highest BCUT2D eigenvalue weighted by atomic mass is 35.5. The fourth-order valence-electron chi connectivity index (χ4n) is 1.95. The van der Waals surface area contributed by atoms with Crippen molar-refractivity contribution in [1.82, 2.24) is 9.97 Å². The highest BCUT2D eigenvalue weighted by molar-refractivity contribution is 6.31. The van der Waals surface area contributed by atoms with E-state index in [1.807, 2.05) is 0 Å². The molecule has 0 aliphatic carbocycles. The van der Waals surface area contributed by atoms with Gasteiger partial charge >= 0.3 is 0 Å². The lowest BCUT2D eigenvalue weighted by Crippen LogP contribution is -1.99. The molecule has 0 bridgehead atoms. The lowest BCUT2D eigenvalue weighted by molar-refractivity contribution is 0.415. The predicted molar refractivity (Wildman–Crippen MR) is 74.9 cm³/mol. The van der Waals surface area contributed by atoms with Gasteiger partial charge in [-0.2, -0.15) is 0 Å². The lowest BCUT2D eigenvalue weighted by Gasteiger charge is -1.98. The maximum atomic E-state index is 12.5. The third-order valence-electron chi connectivity index (χ3n) is 2.91. The first kappa shape index (κ1) is 11.9. The SMILES string of the molecule is COc1ccc2cnc3ncc(Cl)cc3c(=O)c2c1. The van der Waals surface area contributed by atoms with E-state index in [2.05, 4.69) is 9.97 Å². The first-order valence-corrected chi connectivity index (χ1v) is 5.99. The van der Waals surface area contributed by atoms with Gasteiger partial charge in [-0.25, -0.2) is 9.97 Å². The van der Waals surface area contributed by atoms with Gasteiger partial charge in [-0.1, -0.05) is 11.6 Å². The van der Waals surface area contributed by atoms with Gasteiger partial charge in [0.15, 0.2) is 11.1 Å². The molecule has 3 aromatic rings. The second-order valence-electron chi connectivity index (χ2n) is 4.07. The Labute approximate surface area is 113 Å². The molecule has 0 atom stereocenters. The smallest absolute Gasteiger partial charge is 0.197 e. The van der Waals surface area contributed by atoms with E-state index in [0.29, 0.717) is 27.2 Å². The number of fused-ring (bicyclic) bond motifs is 2. The monoisotopic (exact) mass is 272 g/mol. The number of aromatic nitrogens is 2. The third-order valence-corrected chi connectivity index (χ3v) is 3.12. The molecular formula is C14H9ClN2O2. The second kappa shape index (κ2) is 4.48. The Kier molecular flexibility index (Phi) is 2.80. The first-order valence-electron chi connectivity index (χ1n) is 5.61. The number of nitrogens with zero attached hydrogens (tertiary/aromatic N) is 2. The molecule has 0 amide bonds. The zero-order valence-corrected chi connectivity index (χ0v) is 10.8. The van der Waals surface area contributed by atoms with Crippen molar-refractivity contribution in [1.29, 1.82) is 0 Å². The molecule has 0 aliphatic heterocycles. The molecule has 2 heterocycles. The van der Waals surface area contributed by atoms with Crippen LogP contribution < -0.4 is 10.2 Å². The molecule has 94 valence electrons.